The zero-order valence-electron chi connectivity index (χ0n) is 14.5. The van der Waals surface area contributed by atoms with Crippen molar-refractivity contribution in [3.63, 3.8) is 0 Å². The molecule has 26 heavy (non-hydrogen) atoms. The number of nitrogens with one attached hydrogen (secondary N) is 1. The van der Waals surface area contributed by atoms with Gasteiger partial charge in [-0.1, -0.05) is 6.07 Å². The van der Waals surface area contributed by atoms with E-state index in [9.17, 15) is 4.39 Å². The first-order chi connectivity index (χ1) is 12.7. The van der Waals surface area contributed by atoms with Crippen LogP contribution in [0.3, 0.4) is 0 Å². The number of hydrogen-bond donors (Lipinski definition) is 1. The smallest absolute Gasteiger partial charge is 0.212 e. The van der Waals surface area contributed by atoms with E-state index in [0.29, 0.717) is 5.88 Å². The second kappa shape index (κ2) is 7.13. The van der Waals surface area contributed by atoms with Crippen LogP contribution in [0.4, 0.5) is 16.0 Å². The molecule has 0 unspecified atom stereocenters. The van der Waals surface area contributed by atoms with Crippen LogP contribution in [0.5, 0.6) is 5.88 Å². The maximum absolute atomic E-state index is 13.0. The molecule has 1 aliphatic heterocycles. The van der Waals surface area contributed by atoms with Gasteiger partial charge in [0.1, 0.15) is 5.82 Å². The summed E-state index contributed by atoms with van der Waals surface area (Å²) in [6, 6.07) is 10.2. The van der Waals surface area contributed by atoms with Crippen molar-refractivity contribution in [2.24, 2.45) is 0 Å². The summed E-state index contributed by atoms with van der Waals surface area (Å²) in [7, 11) is 1.62. The topological polar surface area (TPSA) is 55.2 Å². The molecule has 0 fully saturated rings. The molecule has 0 radical (unpaired) electrons. The van der Waals surface area contributed by atoms with Crippen molar-refractivity contribution in [1.82, 2.24) is 19.4 Å². The van der Waals surface area contributed by atoms with Crippen molar-refractivity contribution in [3.05, 3.63) is 65.9 Å². The quantitative estimate of drug-likeness (QED) is 0.763. The summed E-state index contributed by atoms with van der Waals surface area (Å²) in [4.78, 5) is 11.1. The second-order valence-corrected chi connectivity index (χ2v) is 6.28. The summed E-state index contributed by atoms with van der Waals surface area (Å²) >= 11 is 0. The minimum Gasteiger partial charge on any atom is -0.481 e. The molecule has 0 bridgehead atoms. The van der Waals surface area contributed by atoms with Gasteiger partial charge in [0.2, 0.25) is 11.8 Å². The lowest BCUT2D eigenvalue weighted by atomic mass is 10.2. The van der Waals surface area contributed by atoms with Crippen LogP contribution < -0.4 is 10.1 Å². The molecule has 7 heteroatoms. The van der Waals surface area contributed by atoms with E-state index in [2.05, 4.69) is 24.8 Å². The SMILES string of the molecule is COc1ccc(CN2CCn3c(cnc3Nc3ccc(F)cc3)C2)cn1. The Morgan fingerprint density at radius 2 is 1.92 bits per heavy atom. The van der Waals surface area contributed by atoms with E-state index in [-0.39, 0.29) is 5.82 Å². The number of anilines is 2. The summed E-state index contributed by atoms with van der Waals surface area (Å²) in [5.74, 6) is 1.17. The summed E-state index contributed by atoms with van der Waals surface area (Å²) < 4.78 is 20.3. The van der Waals surface area contributed by atoms with E-state index in [0.717, 1.165) is 49.1 Å². The van der Waals surface area contributed by atoms with Gasteiger partial charge in [-0.2, -0.15) is 0 Å². The number of benzene rings is 1. The van der Waals surface area contributed by atoms with Crippen molar-refractivity contribution in [2.75, 3.05) is 19.0 Å². The maximum atomic E-state index is 13.0. The summed E-state index contributed by atoms with van der Waals surface area (Å²) in [5.41, 5.74) is 3.14. The fraction of sp³-hybridized carbons (Fsp3) is 0.263. The number of fused-ring (bicyclic) bond motifs is 1. The lowest BCUT2D eigenvalue weighted by Gasteiger charge is -2.28. The Morgan fingerprint density at radius 1 is 1.08 bits per heavy atom. The minimum absolute atomic E-state index is 0.246. The van der Waals surface area contributed by atoms with Gasteiger partial charge >= 0.3 is 0 Å². The number of hydrogen-bond acceptors (Lipinski definition) is 5. The molecule has 4 rings (SSSR count). The van der Waals surface area contributed by atoms with Gasteiger partial charge in [-0.25, -0.2) is 14.4 Å². The lowest BCUT2D eigenvalue weighted by Crippen LogP contribution is -2.33. The highest BCUT2D eigenvalue weighted by atomic mass is 19.1. The zero-order chi connectivity index (χ0) is 17.9. The first kappa shape index (κ1) is 16.5. The van der Waals surface area contributed by atoms with Crippen molar-refractivity contribution in [1.29, 1.82) is 0 Å². The van der Waals surface area contributed by atoms with E-state index >= 15 is 0 Å². The van der Waals surface area contributed by atoms with E-state index in [1.807, 2.05) is 24.5 Å². The van der Waals surface area contributed by atoms with Crippen LogP contribution in [0.2, 0.25) is 0 Å². The van der Waals surface area contributed by atoms with Crippen LogP contribution in [-0.4, -0.2) is 33.1 Å². The van der Waals surface area contributed by atoms with Crippen LogP contribution in [0, 0.1) is 5.82 Å². The maximum Gasteiger partial charge on any atom is 0.212 e. The summed E-state index contributed by atoms with van der Waals surface area (Å²) in [6.45, 7) is 3.43. The highest BCUT2D eigenvalue weighted by Crippen LogP contribution is 2.22. The molecule has 1 N–H and O–H groups in total. The zero-order valence-corrected chi connectivity index (χ0v) is 14.5. The van der Waals surface area contributed by atoms with Crippen molar-refractivity contribution in [2.45, 2.75) is 19.6 Å². The van der Waals surface area contributed by atoms with Gasteiger partial charge < -0.3 is 14.6 Å². The molecule has 0 atom stereocenters. The molecular weight excluding hydrogens is 333 g/mol. The van der Waals surface area contributed by atoms with Gasteiger partial charge in [0, 0.05) is 44.1 Å². The van der Waals surface area contributed by atoms with Crippen LogP contribution in [0.25, 0.3) is 0 Å². The Bertz CT molecular complexity index is 876. The molecule has 1 aromatic carbocycles. The molecular formula is C19H20FN5O. The number of methoxy groups -OCH3 is 1. The first-order valence-corrected chi connectivity index (χ1v) is 8.49. The van der Waals surface area contributed by atoms with Gasteiger partial charge in [-0.3, -0.25) is 4.90 Å². The van der Waals surface area contributed by atoms with E-state index in [4.69, 9.17) is 4.74 Å². The van der Waals surface area contributed by atoms with Crippen LogP contribution in [0.15, 0.2) is 48.8 Å². The normalized spacial score (nSPS) is 14.1. The third-order valence-electron chi connectivity index (χ3n) is 4.48. The van der Waals surface area contributed by atoms with Crippen molar-refractivity contribution in [3.8, 4) is 5.88 Å². The van der Waals surface area contributed by atoms with Crippen LogP contribution >= 0.6 is 0 Å². The molecule has 3 aromatic rings. The molecule has 6 nitrogen and oxygen atoms in total. The predicted octanol–water partition coefficient (Wildman–Crippen LogP) is 3.19. The van der Waals surface area contributed by atoms with E-state index in [1.165, 1.54) is 12.1 Å². The Kier molecular flexibility index (Phi) is 4.53. The standard InChI is InChI=1S/C19H20FN5O/c1-26-18-7-2-14(10-21-18)12-24-8-9-25-17(13-24)11-22-19(25)23-16-5-3-15(20)4-6-16/h2-7,10-11H,8-9,12-13H2,1H3,(H,22,23). The number of imidazole rings is 1. The molecule has 0 spiro atoms. The monoisotopic (exact) mass is 353 g/mol. The molecule has 2 aromatic heterocycles. The number of aromatic nitrogens is 3. The number of rotatable bonds is 5. The van der Waals surface area contributed by atoms with Gasteiger partial charge in [0.05, 0.1) is 19.0 Å². The Balaban J connectivity index is 1.43. The highest BCUT2D eigenvalue weighted by Gasteiger charge is 2.19. The summed E-state index contributed by atoms with van der Waals surface area (Å²) in [6.07, 6.45) is 3.75. The second-order valence-electron chi connectivity index (χ2n) is 6.28. The first-order valence-electron chi connectivity index (χ1n) is 8.49. The Morgan fingerprint density at radius 3 is 2.65 bits per heavy atom. The molecule has 1 aliphatic rings. The fourth-order valence-corrected chi connectivity index (χ4v) is 3.12. The van der Waals surface area contributed by atoms with E-state index in [1.54, 1.807) is 19.2 Å². The van der Waals surface area contributed by atoms with Gasteiger partial charge in [-0.15, -0.1) is 0 Å². The molecule has 0 saturated carbocycles. The molecule has 0 aliphatic carbocycles. The third kappa shape index (κ3) is 3.52. The number of nitrogens with zero attached hydrogens (tertiary/aromatic N) is 4. The average Bonchev–Trinajstić information content (AvgIpc) is 3.06. The van der Waals surface area contributed by atoms with Gasteiger partial charge in [0.25, 0.3) is 0 Å². The summed E-state index contributed by atoms with van der Waals surface area (Å²) in [5, 5.41) is 3.26. The molecule has 3 heterocycles. The largest absolute Gasteiger partial charge is 0.481 e. The molecule has 0 amide bonds. The number of ether oxygens (including phenoxy) is 1. The lowest BCUT2D eigenvalue weighted by molar-refractivity contribution is 0.213. The van der Waals surface area contributed by atoms with Crippen molar-refractivity contribution < 1.29 is 9.13 Å². The van der Waals surface area contributed by atoms with E-state index < -0.39 is 0 Å². The molecule has 0 saturated heterocycles. The van der Waals surface area contributed by atoms with Crippen LogP contribution in [0.1, 0.15) is 11.3 Å². The predicted molar refractivity (Wildman–Crippen MR) is 96.8 cm³/mol. The Labute approximate surface area is 151 Å². The average molecular weight is 353 g/mol. The fourth-order valence-electron chi connectivity index (χ4n) is 3.12. The van der Waals surface area contributed by atoms with Gasteiger partial charge in [-0.05, 0) is 29.8 Å². The van der Waals surface area contributed by atoms with Crippen molar-refractivity contribution >= 4 is 11.6 Å². The third-order valence-corrected chi connectivity index (χ3v) is 4.48. The highest BCUT2D eigenvalue weighted by molar-refractivity contribution is 5.53. The number of halogens is 1. The molecule has 134 valence electrons. The van der Waals surface area contributed by atoms with Crippen LogP contribution in [-0.2, 0) is 19.6 Å². The minimum atomic E-state index is -0.246. The Hall–Kier alpha value is -2.93. The van der Waals surface area contributed by atoms with Gasteiger partial charge in [0.15, 0.2) is 0 Å². The number of pyridine rings is 1.